The van der Waals surface area contributed by atoms with Crippen molar-refractivity contribution in [3.63, 3.8) is 0 Å². The van der Waals surface area contributed by atoms with Crippen molar-refractivity contribution in [1.29, 1.82) is 0 Å². The molecule has 1 aromatic heterocycles. The molecule has 0 spiro atoms. The van der Waals surface area contributed by atoms with Gasteiger partial charge in [-0.15, -0.1) is 0 Å². The van der Waals surface area contributed by atoms with Gasteiger partial charge in [-0.05, 0) is 46.2 Å². The summed E-state index contributed by atoms with van der Waals surface area (Å²) in [6.07, 6.45) is 0. The molecule has 2 aromatic carbocycles. The molecule has 5 nitrogen and oxygen atoms in total. The number of carbonyl (C=O) groups is 1. The van der Waals surface area contributed by atoms with E-state index in [9.17, 15) is 4.79 Å². The van der Waals surface area contributed by atoms with Crippen LogP contribution in [0.2, 0.25) is 0 Å². The maximum Gasteiger partial charge on any atom is 0.255 e. The maximum absolute atomic E-state index is 13.3. The Labute approximate surface area is 160 Å². The number of rotatable bonds is 4. The highest BCUT2D eigenvalue weighted by Crippen LogP contribution is 2.23. The van der Waals surface area contributed by atoms with Crippen LogP contribution in [-0.2, 0) is 6.54 Å². The fourth-order valence-electron chi connectivity index (χ4n) is 2.88. The number of hydrogen-bond acceptors (Lipinski definition) is 4. The molecule has 0 N–H and O–H groups in total. The van der Waals surface area contributed by atoms with Crippen LogP contribution < -0.4 is 0 Å². The van der Waals surface area contributed by atoms with Crippen LogP contribution >= 0.6 is 0 Å². The molecule has 0 atom stereocenters. The molecule has 3 rings (SSSR count). The molecule has 5 heteroatoms. The molecule has 27 heavy (non-hydrogen) atoms. The van der Waals surface area contributed by atoms with Crippen LogP contribution in [0.1, 0.15) is 48.1 Å². The summed E-state index contributed by atoms with van der Waals surface area (Å²) in [6, 6.07) is 15.6. The van der Waals surface area contributed by atoms with Gasteiger partial charge in [0, 0.05) is 16.7 Å². The van der Waals surface area contributed by atoms with E-state index in [0.29, 0.717) is 17.3 Å². The third-order valence-corrected chi connectivity index (χ3v) is 4.47. The maximum atomic E-state index is 13.3. The Hall–Kier alpha value is -2.95. The van der Waals surface area contributed by atoms with Crippen molar-refractivity contribution in [2.24, 2.45) is 0 Å². The van der Waals surface area contributed by atoms with Crippen LogP contribution in [0.3, 0.4) is 0 Å². The van der Waals surface area contributed by atoms with Crippen LogP contribution in [0, 0.1) is 13.8 Å². The summed E-state index contributed by atoms with van der Waals surface area (Å²) in [5.41, 5.74) is 3.20. The van der Waals surface area contributed by atoms with E-state index >= 15 is 0 Å². The number of aryl methyl sites for hydroxylation is 2. The van der Waals surface area contributed by atoms with Crippen LogP contribution in [0.4, 0.5) is 0 Å². The van der Waals surface area contributed by atoms with Crippen LogP contribution in [0.25, 0.3) is 11.4 Å². The lowest BCUT2D eigenvalue weighted by Gasteiger charge is -2.35. The Bertz CT molecular complexity index is 940. The van der Waals surface area contributed by atoms with Gasteiger partial charge in [0.2, 0.25) is 11.7 Å². The van der Waals surface area contributed by atoms with Gasteiger partial charge in [0.15, 0.2) is 0 Å². The van der Waals surface area contributed by atoms with E-state index in [-0.39, 0.29) is 12.5 Å². The molecule has 0 saturated carbocycles. The minimum Gasteiger partial charge on any atom is -0.337 e. The van der Waals surface area contributed by atoms with Gasteiger partial charge in [0.1, 0.15) is 6.54 Å². The van der Waals surface area contributed by atoms with Gasteiger partial charge >= 0.3 is 0 Å². The predicted molar refractivity (Wildman–Crippen MR) is 105 cm³/mol. The molecule has 0 unspecified atom stereocenters. The molecule has 0 aliphatic carbocycles. The highest BCUT2D eigenvalue weighted by Gasteiger charge is 2.30. The standard InChI is InChI=1S/C22H25N3O2/c1-15-11-12-16(2)18(13-15)21(26)25(22(3,4)5)14-19-23-20(24-27-19)17-9-7-6-8-10-17/h6-13H,14H2,1-5H3. The highest BCUT2D eigenvalue weighted by molar-refractivity contribution is 5.96. The van der Waals surface area contributed by atoms with Crippen LogP contribution in [0.5, 0.6) is 0 Å². The number of benzene rings is 2. The summed E-state index contributed by atoms with van der Waals surface area (Å²) in [5.74, 6) is 0.907. The second-order valence-electron chi connectivity index (χ2n) is 7.76. The molecule has 0 fully saturated rings. The Kier molecular flexibility index (Phi) is 5.13. The Morgan fingerprint density at radius 2 is 1.78 bits per heavy atom. The second kappa shape index (κ2) is 7.35. The Morgan fingerprint density at radius 1 is 1.07 bits per heavy atom. The molecule has 0 aliphatic heterocycles. The number of nitrogens with zero attached hydrogens (tertiary/aromatic N) is 3. The molecule has 0 saturated heterocycles. The topological polar surface area (TPSA) is 59.2 Å². The zero-order valence-corrected chi connectivity index (χ0v) is 16.5. The number of amides is 1. The first-order chi connectivity index (χ1) is 12.8. The third-order valence-electron chi connectivity index (χ3n) is 4.47. The number of carbonyl (C=O) groups excluding carboxylic acids is 1. The lowest BCUT2D eigenvalue weighted by molar-refractivity contribution is 0.0525. The molecular weight excluding hydrogens is 338 g/mol. The van der Waals surface area contributed by atoms with Crippen molar-refractivity contribution in [2.75, 3.05) is 0 Å². The fourth-order valence-corrected chi connectivity index (χ4v) is 2.88. The van der Waals surface area contributed by atoms with E-state index in [4.69, 9.17) is 4.52 Å². The van der Waals surface area contributed by atoms with E-state index in [0.717, 1.165) is 16.7 Å². The van der Waals surface area contributed by atoms with Crippen molar-refractivity contribution in [2.45, 2.75) is 46.7 Å². The predicted octanol–water partition coefficient (Wildman–Crippen LogP) is 4.79. The van der Waals surface area contributed by atoms with Crippen molar-refractivity contribution >= 4 is 5.91 Å². The molecule has 1 heterocycles. The van der Waals surface area contributed by atoms with Crippen molar-refractivity contribution < 1.29 is 9.32 Å². The molecule has 140 valence electrons. The first-order valence-electron chi connectivity index (χ1n) is 9.03. The Balaban J connectivity index is 1.90. The summed E-state index contributed by atoms with van der Waals surface area (Å²) in [6.45, 7) is 10.2. The van der Waals surface area contributed by atoms with Crippen LogP contribution in [0.15, 0.2) is 53.1 Å². The molecule has 3 aromatic rings. The average molecular weight is 363 g/mol. The normalized spacial score (nSPS) is 11.4. The Morgan fingerprint density at radius 3 is 2.44 bits per heavy atom. The minimum absolute atomic E-state index is 0.0387. The number of aromatic nitrogens is 2. The molecule has 1 amide bonds. The van der Waals surface area contributed by atoms with E-state index in [1.54, 1.807) is 4.90 Å². The van der Waals surface area contributed by atoms with E-state index in [1.807, 2.05) is 83.1 Å². The first-order valence-corrected chi connectivity index (χ1v) is 9.03. The van der Waals surface area contributed by atoms with Gasteiger partial charge in [0.05, 0.1) is 0 Å². The van der Waals surface area contributed by atoms with Crippen molar-refractivity contribution in [3.8, 4) is 11.4 Å². The van der Waals surface area contributed by atoms with E-state index in [2.05, 4.69) is 10.1 Å². The smallest absolute Gasteiger partial charge is 0.255 e. The zero-order valence-electron chi connectivity index (χ0n) is 16.5. The SMILES string of the molecule is Cc1ccc(C)c(C(=O)N(Cc2nc(-c3ccccc3)no2)C(C)(C)C)c1. The lowest BCUT2D eigenvalue weighted by Crippen LogP contribution is -2.45. The number of hydrogen-bond donors (Lipinski definition) is 0. The summed E-state index contributed by atoms with van der Waals surface area (Å²) < 4.78 is 5.43. The molecule has 0 radical (unpaired) electrons. The summed E-state index contributed by atoms with van der Waals surface area (Å²) in [5, 5.41) is 4.06. The molecule has 0 bridgehead atoms. The van der Waals surface area contributed by atoms with Crippen molar-refractivity contribution in [1.82, 2.24) is 15.0 Å². The first kappa shape index (κ1) is 18.8. The van der Waals surface area contributed by atoms with E-state index < -0.39 is 5.54 Å². The quantitative estimate of drug-likeness (QED) is 0.668. The molecule has 0 aliphatic rings. The van der Waals surface area contributed by atoms with Crippen molar-refractivity contribution in [3.05, 3.63) is 71.1 Å². The van der Waals surface area contributed by atoms with Gasteiger partial charge in [-0.25, -0.2) is 0 Å². The van der Waals surface area contributed by atoms with Gasteiger partial charge in [-0.1, -0.05) is 53.2 Å². The third kappa shape index (κ3) is 4.25. The largest absolute Gasteiger partial charge is 0.337 e. The summed E-state index contributed by atoms with van der Waals surface area (Å²) in [4.78, 5) is 19.5. The summed E-state index contributed by atoms with van der Waals surface area (Å²) >= 11 is 0. The monoisotopic (exact) mass is 363 g/mol. The van der Waals surface area contributed by atoms with Gasteiger partial charge < -0.3 is 9.42 Å². The average Bonchev–Trinajstić information content (AvgIpc) is 3.10. The van der Waals surface area contributed by atoms with E-state index in [1.165, 1.54) is 0 Å². The highest BCUT2D eigenvalue weighted by atomic mass is 16.5. The fraction of sp³-hybridized carbons (Fsp3) is 0.318. The van der Waals surface area contributed by atoms with Crippen LogP contribution in [-0.4, -0.2) is 26.5 Å². The van der Waals surface area contributed by atoms with Gasteiger partial charge in [-0.3, -0.25) is 4.79 Å². The van der Waals surface area contributed by atoms with Gasteiger partial charge in [-0.2, -0.15) is 4.98 Å². The van der Waals surface area contributed by atoms with Gasteiger partial charge in [0.25, 0.3) is 5.91 Å². The second-order valence-corrected chi connectivity index (χ2v) is 7.76. The zero-order chi connectivity index (χ0) is 19.6. The summed E-state index contributed by atoms with van der Waals surface area (Å²) in [7, 11) is 0. The lowest BCUT2D eigenvalue weighted by atomic mass is 10.00. The minimum atomic E-state index is -0.394. The molecular formula is C22H25N3O2.